The van der Waals surface area contributed by atoms with E-state index in [1.807, 2.05) is 26.0 Å². The molecule has 1 aromatic rings. The van der Waals surface area contributed by atoms with Gasteiger partial charge in [-0.05, 0) is 38.1 Å². The monoisotopic (exact) mass is 283 g/mol. The molecule has 4 heteroatoms. The summed E-state index contributed by atoms with van der Waals surface area (Å²) in [6.07, 6.45) is 1.80. The van der Waals surface area contributed by atoms with E-state index in [4.69, 9.17) is 21.1 Å². The van der Waals surface area contributed by atoms with Gasteiger partial charge in [-0.25, -0.2) is 0 Å². The molecule has 0 saturated carbocycles. The molecule has 0 radical (unpaired) electrons. The Hall–Kier alpha value is -0.770. The number of nitrogens with zero attached hydrogens (tertiary/aromatic N) is 1. The predicted octanol–water partition coefficient (Wildman–Crippen LogP) is 3.71. The molecule has 0 unspecified atom stereocenters. The molecule has 1 aliphatic rings. The molecule has 2 rings (SSSR count). The van der Waals surface area contributed by atoms with E-state index in [1.54, 1.807) is 0 Å². The maximum atomic E-state index is 5.92. The third-order valence-corrected chi connectivity index (χ3v) is 3.78. The second-order valence-electron chi connectivity index (χ2n) is 4.74. The number of halogens is 1. The minimum absolute atomic E-state index is 0.383. The van der Waals surface area contributed by atoms with Crippen molar-refractivity contribution in [2.45, 2.75) is 32.5 Å². The van der Waals surface area contributed by atoms with E-state index in [2.05, 4.69) is 17.0 Å². The highest BCUT2D eigenvalue weighted by Crippen LogP contribution is 2.30. The van der Waals surface area contributed by atoms with Crippen molar-refractivity contribution in [3.05, 3.63) is 29.3 Å². The van der Waals surface area contributed by atoms with Crippen molar-refractivity contribution in [1.29, 1.82) is 0 Å². The van der Waals surface area contributed by atoms with Gasteiger partial charge in [0, 0.05) is 49.9 Å². The normalized spacial score (nSPS) is 18.6. The number of hydrogen-bond acceptors (Lipinski definition) is 3. The Balaban J connectivity index is 1.99. The molecule has 0 aromatic heterocycles. The summed E-state index contributed by atoms with van der Waals surface area (Å²) in [6.45, 7) is 7.32. The first-order valence-corrected chi connectivity index (χ1v) is 7.35. The van der Waals surface area contributed by atoms with Crippen LogP contribution in [-0.2, 0) is 9.47 Å². The lowest BCUT2D eigenvalue weighted by molar-refractivity contribution is -0.242. The molecular weight excluding hydrogens is 262 g/mol. The minimum atomic E-state index is -0.383. The quantitative estimate of drug-likeness (QED) is 0.769. The summed E-state index contributed by atoms with van der Waals surface area (Å²) in [4.78, 5) is 2.35. The average molecular weight is 284 g/mol. The Kier molecular flexibility index (Phi) is 5.08. The molecule has 0 spiro atoms. The van der Waals surface area contributed by atoms with Gasteiger partial charge < -0.3 is 14.4 Å². The SMILES string of the molecule is CCOC1(OCC)CCN(c2ccc(Cl)cc2)CC1. The molecule has 106 valence electrons. The summed E-state index contributed by atoms with van der Waals surface area (Å²) in [6, 6.07) is 8.00. The van der Waals surface area contributed by atoms with Crippen LogP contribution in [0.2, 0.25) is 5.02 Å². The number of piperidine rings is 1. The lowest BCUT2D eigenvalue weighted by atomic mass is 10.0. The summed E-state index contributed by atoms with van der Waals surface area (Å²) in [7, 11) is 0. The lowest BCUT2D eigenvalue weighted by Gasteiger charge is -2.41. The van der Waals surface area contributed by atoms with Crippen LogP contribution in [-0.4, -0.2) is 32.1 Å². The van der Waals surface area contributed by atoms with Crippen molar-refractivity contribution >= 4 is 17.3 Å². The van der Waals surface area contributed by atoms with E-state index < -0.39 is 0 Å². The first-order chi connectivity index (χ1) is 9.19. The first kappa shape index (κ1) is 14.6. The number of ether oxygens (including phenoxy) is 2. The molecule has 0 bridgehead atoms. The van der Waals surface area contributed by atoms with Crippen molar-refractivity contribution in [1.82, 2.24) is 0 Å². The first-order valence-electron chi connectivity index (χ1n) is 6.97. The lowest BCUT2D eigenvalue weighted by Crippen LogP contribution is -2.48. The number of hydrogen-bond donors (Lipinski definition) is 0. The summed E-state index contributed by atoms with van der Waals surface area (Å²) >= 11 is 5.92. The second-order valence-corrected chi connectivity index (χ2v) is 5.18. The van der Waals surface area contributed by atoms with Crippen LogP contribution in [0.4, 0.5) is 5.69 Å². The van der Waals surface area contributed by atoms with Crippen molar-refractivity contribution in [2.75, 3.05) is 31.2 Å². The summed E-state index contributed by atoms with van der Waals surface area (Å²) in [5.41, 5.74) is 1.21. The van der Waals surface area contributed by atoms with Gasteiger partial charge >= 0.3 is 0 Å². The fourth-order valence-electron chi connectivity index (χ4n) is 2.61. The molecular formula is C15H22ClNO2. The maximum absolute atomic E-state index is 5.92. The Morgan fingerprint density at radius 1 is 1.05 bits per heavy atom. The average Bonchev–Trinajstić information content (AvgIpc) is 2.41. The van der Waals surface area contributed by atoms with Crippen LogP contribution >= 0.6 is 11.6 Å². The zero-order chi connectivity index (χ0) is 13.7. The van der Waals surface area contributed by atoms with Crippen molar-refractivity contribution in [3.63, 3.8) is 0 Å². The van der Waals surface area contributed by atoms with Crippen molar-refractivity contribution < 1.29 is 9.47 Å². The predicted molar refractivity (Wildman–Crippen MR) is 78.9 cm³/mol. The molecule has 1 saturated heterocycles. The van der Waals surface area contributed by atoms with Crippen LogP contribution in [0.25, 0.3) is 0 Å². The number of anilines is 1. The van der Waals surface area contributed by atoms with Crippen LogP contribution < -0.4 is 4.90 Å². The topological polar surface area (TPSA) is 21.7 Å². The Morgan fingerprint density at radius 3 is 2.05 bits per heavy atom. The highest BCUT2D eigenvalue weighted by molar-refractivity contribution is 6.30. The highest BCUT2D eigenvalue weighted by atomic mass is 35.5. The fourth-order valence-corrected chi connectivity index (χ4v) is 2.74. The Labute approximate surface area is 120 Å². The molecule has 19 heavy (non-hydrogen) atoms. The zero-order valence-corrected chi connectivity index (χ0v) is 12.4. The molecule has 0 amide bonds. The van der Waals surface area contributed by atoms with Crippen LogP contribution in [0.5, 0.6) is 0 Å². The number of benzene rings is 1. The molecule has 3 nitrogen and oxygen atoms in total. The van der Waals surface area contributed by atoms with Gasteiger partial charge in [0.15, 0.2) is 5.79 Å². The van der Waals surface area contributed by atoms with Gasteiger partial charge in [-0.3, -0.25) is 0 Å². The fraction of sp³-hybridized carbons (Fsp3) is 0.600. The van der Waals surface area contributed by atoms with Gasteiger partial charge in [-0.1, -0.05) is 11.6 Å². The van der Waals surface area contributed by atoms with E-state index in [-0.39, 0.29) is 5.79 Å². The minimum Gasteiger partial charge on any atom is -0.371 e. The van der Waals surface area contributed by atoms with Gasteiger partial charge in [-0.2, -0.15) is 0 Å². The molecule has 0 atom stereocenters. The molecule has 1 aromatic carbocycles. The van der Waals surface area contributed by atoms with Crippen molar-refractivity contribution in [3.8, 4) is 0 Å². The van der Waals surface area contributed by atoms with Gasteiger partial charge in [0.25, 0.3) is 0 Å². The molecule has 1 heterocycles. The Bertz CT molecular complexity index is 378. The Morgan fingerprint density at radius 2 is 1.58 bits per heavy atom. The summed E-state index contributed by atoms with van der Waals surface area (Å²) in [5, 5.41) is 0.777. The second kappa shape index (κ2) is 6.60. The summed E-state index contributed by atoms with van der Waals surface area (Å²) < 4.78 is 11.7. The standard InChI is InChI=1S/C15H22ClNO2/c1-3-18-15(19-4-2)9-11-17(12-10-15)14-7-5-13(16)6-8-14/h5-8H,3-4,9-12H2,1-2H3. The van der Waals surface area contributed by atoms with Gasteiger partial charge in [-0.15, -0.1) is 0 Å². The smallest absolute Gasteiger partial charge is 0.171 e. The van der Waals surface area contributed by atoms with Crippen LogP contribution in [0.1, 0.15) is 26.7 Å². The molecule has 0 aliphatic carbocycles. The summed E-state index contributed by atoms with van der Waals surface area (Å²) in [5.74, 6) is -0.383. The third-order valence-electron chi connectivity index (χ3n) is 3.53. The third kappa shape index (κ3) is 3.62. The van der Waals surface area contributed by atoms with E-state index in [0.717, 1.165) is 31.0 Å². The van der Waals surface area contributed by atoms with Crippen molar-refractivity contribution in [2.24, 2.45) is 0 Å². The van der Waals surface area contributed by atoms with E-state index in [1.165, 1.54) is 5.69 Å². The van der Waals surface area contributed by atoms with Crippen LogP contribution in [0.3, 0.4) is 0 Å². The van der Waals surface area contributed by atoms with Crippen LogP contribution in [0.15, 0.2) is 24.3 Å². The van der Waals surface area contributed by atoms with Gasteiger partial charge in [0.2, 0.25) is 0 Å². The van der Waals surface area contributed by atoms with E-state index >= 15 is 0 Å². The van der Waals surface area contributed by atoms with E-state index in [9.17, 15) is 0 Å². The maximum Gasteiger partial charge on any atom is 0.171 e. The molecule has 1 aliphatic heterocycles. The van der Waals surface area contributed by atoms with Gasteiger partial charge in [0.1, 0.15) is 0 Å². The largest absolute Gasteiger partial charge is 0.371 e. The van der Waals surface area contributed by atoms with Crippen LogP contribution in [0, 0.1) is 0 Å². The molecule has 0 N–H and O–H groups in total. The van der Waals surface area contributed by atoms with E-state index in [0.29, 0.717) is 13.2 Å². The number of rotatable bonds is 5. The van der Waals surface area contributed by atoms with Gasteiger partial charge in [0.05, 0.1) is 0 Å². The zero-order valence-electron chi connectivity index (χ0n) is 11.7. The highest BCUT2D eigenvalue weighted by Gasteiger charge is 2.35. The molecule has 1 fully saturated rings.